The summed E-state index contributed by atoms with van der Waals surface area (Å²) < 4.78 is 66.2. The van der Waals surface area contributed by atoms with Crippen LogP contribution in [0.2, 0.25) is 0 Å². The van der Waals surface area contributed by atoms with Gasteiger partial charge in [-0.3, -0.25) is 4.55 Å². The molecule has 2 rings (SSSR count). The Morgan fingerprint density at radius 3 is 1.69 bits per heavy atom. The minimum absolute atomic E-state index is 0.0737. The fourth-order valence-corrected chi connectivity index (χ4v) is 3.74. The van der Waals surface area contributed by atoms with Gasteiger partial charge in [0, 0.05) is 0 Å². The third-order valence-electron chi connectivity index (χ3n) is 2.48. The second kappa shape index (κ2) is 9.05. The molecule has 9 heteroatoms. The summed E-state index contributed by atoms with van der Waals surface area (Å²) in [6, 6.07) is 19.2. The predicted molar refractivity (Wildman–Crippen MR) is 88.3 cm³/mol. The normalized spacial score (nSPS) is 12.3. The molecule has 0 unspecified atom stereocenters. The molecular formula is C17H19F3IO4S-. The molecule has 0 aliphatic heterocycles. The van der Waals surface area contributed by atoms with Crippen LogP contribution in [0.25, 0.3) is 0 Å². The van der Waals surface area contributed by atoms with E-state index in [9.17, 15) is 13.2 Å². The van der Waals surface area contributed by atoms with Gasteiger partial charge in [-0.15, -0.1) is 0 Å². The molecule has 0 bridgehead atoms. The van der Waals surface area contributed by atoms with Crippen LogP contribution < -0.4 is 25.9 Å². The third kappa shape index (κ3) is 8.86. The second-order valence-electron chi connectivity index (χ2n) is 5.98. The summed E-state index contributed by atoms with van der Waals surface area (Å²) in [5.74, 6) is 0.948. The van der Waals surface area contributed by atoms with Gasteiger partial charge in [-0.25, -0.2) is 0 Å². The molecule has 0 saturated carbocycles. The fraction of sp³-hybridized carbons (Fsp3) is 0.294. The molecule has 4 nitrogen and oxygen atoms in total. The van der Waals surface area contributed by atoms with Crippen LogP contribution in [-0.4, -0.2) is 24.1 Å². The van der Waals surface area contributed by atoms with E-state index in [0.29, 0.717) is 0 Å². The molecule has 0 fully saturated rings. The minimum atomic E-state index is -5.84. The number of hydrogen-bond donors (Lipinski definition) is 1. The van der Waals surface area contributed by atoms with Crippen molar-refractivity contribution in [3.05, 3.63) is 61.7 Å². The van der Waals surface area contributed by atoms with E-state index in [1.807, 2.05) is 0 Å². The Labute approximate surface area is 161 Å². The van der Waals surface area contributed by atoms with Crippen molar-refractivity contribution in [3.63, 3.8) is 0 Å². The van der Waals surface area contributed by atoms with Gasteiger partial charge in [0.05, 0.1) is 0 Å². The summed E-state index contributed by atoms with van der Waals surface area (Å²) in [5, 5.41) is 0. The number of benzene rings is 2. The molecule has 0 amide bonds. The van der Waals surface area contributed by atoms with Gasteiger partial charge in [-0.1, -0.05) is 0 Å². The largest absolute Gasteiger partial charge is 0.522 e. The van der Waals surface area contributed by atoms with Gasteiger partial charge in [-0.05, 0) is 0 Å². The van der Waals surface area contributed by atoms with Crippen LogP contribution in [0.4, 0.5) is 13.2 Å². The molecule has 0 atom stereocenters. The monoisotopic (exact) mass is 503 g/mol. The number of ether oxygens (including phenoxy) is 1. The first-order valence-corrected chi connectivity index (χ1v) is 10.9. The van der Waals surface area contributed by atoms with E-state index in [0.717, 1.165) is 5.75 Å². The van der Waals surface area contributed by atoms with Crippen LogP contribution in [0, 0.1) is 7.14 Å². The van der Waals surface area contributed by atoms with Gasteiger partial charge >= 0.3 is 135 Å². The first kappa shape index (κ1) is 22.7. The van der Waals surface area contributed by atoms with Crippen LogP contribution in [0.15, 0.2) is 54.6 Å². The van der Waals surface area contributed by atoms with Crippen LogP contribution in [0.5, 0.6) is 5.75 Å². The molecule has 0 aliphatic rings. The zero-order valence-corrected chi connectivity index (χ0v) is 17.3. The maximum Gasteiger partial charge on any atom is 0.522 e. The molecule has 0 saturated heterocycles. The maximum atomic E-state index is 10.7. The van der Waals surface area contributed by atoms with Crippen molar-refractivity contribution in [1.29, 1.82) is 0 Å². The fourth-order valence-electron chi connectivity index (χ4n) is 1.52. The molecule has 0 radical (unpaired) electrons. The van der Waals surface area contributed by atoms with E-state index in [1.54, 1.807) is 0 Å². The summed E-state index contributed by atoms with van der Waals surface area (Å²) in [6.07, 6.45) is 0. The van der Waals surface area contributed by atoms with E-state index in [1.165, 1.54) is 7.14 Å². The summed E-state index contributed by atoms with van der Waals surface area (Å²) in [7, 11) is -5.84. The molecule has 0 aliphatic carbocycles. The van der Waals surface area contributed by atoms with Crippen molar-refractivity contribution in [2.24, 2.45) is 0 Å². The zero-order valence-electron chi connectivity index (χ0n) is 14.3. The van der Waals surface area contributed by atoms with Gasteiger partial charge in [0.15, 0.2) is 0 Å². The molecular weight excluding hydrogens is 484 g/mol. The molecule has 146 valence electrons. The van der Waals surface area contributed by atoms with Crippen LogP contribution in [0.3, 0.4) is 0 Å². The zero-order chi connectivity index (χ0) is 20.0. The van der Waals surface area contributed by atoms with E-state index in [4.69, 9.17) is 17.7 Å². The molecule has 0 aromatic heterocycles. The Balaban J connectivity index is 0.000000359. The maximum absolute atomic E-state index is 10.7. The Morgan fingerprint density at radius 1 is 0.885 bits per heavy atom. The Hall–Kier alpha value is -1.33. The van der Waals surface area contributed by atoms with Gasteiger partial charge in [0.2, 0.25) is 0 Å². The Bertz CT molecular complexity index is 783. The summed E-state index contributed by atoms with van der Waals surface area (Å²) >= 11 is -0.0737. The molecule has 0 spiro atoms. The number of alkyl halides is 3. The van der Waals surface area contributed by atoms with Crippen LogP contribution in [0.1, 0.15) is 20.8 Å². The van der Waals surface area contributed by atoms with Crippen molar-refractivity contribution in [3.8, 4) is 5.75 Å². The quantitative estimate of drug-likeness (QED) is 0.391. The van der Waals surface area contributed by atoms with Crippen LogP contribution >= 0.6 is 0 Å². The van der Waals surface area contributed by atoms with Gasteiger partial charge < -0.3 is 0 Å². The first-order chi connectivity index (χ1) is 11.8. The average molecular weight is 503 g/mol. The van der Waals surface area contributed by atoms with Crippen molar-refractivity contribution < 1.29 is 52.1 Å². The molecule has 1 N–H and O–H groups in total. The summed E-state index contributed by atoms with van der Waals surface area (Å²) in [5.41, 5.74) is -5.66. The second-order valence-corrected chi connectivity index (χ2v) is 10.4. The SMILES string of the molecule is CC(C)(C)Oc1ccc([I-]c2ccccc2)cc1.O=S(=O)(O)C(F)(F)F. The van der Waals surface area contributed by atoms with Crippen molar-refractivity contribution in [1.82, 2.24) is 0 Å². The number of halogens is 4. The Morgan fingerprint density at radius 2 is 1.31 bits per heavy atom. The Kier molecular flexibility index (Phi) is 7.90. The molecule has 26 heavy (non-hydrogen) atoms. The average Bonchev–Trinajstić information content (AvgIpc) is 2.47. The molecule has 2 aromatic carbocycles. The standard InChI is InChI=1S/C16H18IO.CHF3O3S/c1-16(2,3)18-15-11-9-14(10-12-15)17-13-7-5-4-6-8-13;2-1(3,4)8(5,6)7/h4-12H,1-3H3;(H,5,6,7)/q-1;. The van der Waals surface area contributed by atoms with E-state index < -0.39 is 15.6 Å². The smallest absolute Gasteiger partial charge is 0.279 e. The van der Waals surface area contributed by atoms with Crippen molar-refractivity contribution >= 4 is 10.1 Å². The number of rotatable bonds is 3. The first-order valence-electron chi connectivity index (χ1n) is 7.31. The third-order valence-corrected chi connectivity index (χ3v) is 5.75. The molecule has 2 aromatic rings. The minimum Gasteiger partial charge on any atom is -0.279 e. The topological polar surface area (TPSA) is 63.6 Å². The van der Waals surface area contributed by atoms with Crippen molar-refractivity contribution in [2.45, 2.75) is 31.9 Å². The van der Waals surface area contributed by atoms with Crippen molar-refractivity contribution in [2.75, 3.05) is 0 Å². The van der Waals surface area contributed by atoms with E-state index in [-0.39, 0.29) is 26.8 Å². The summed E-state index contributed by atoms with van der Waals surface area (Å²) in [4.78, 5) is 0. The van der Waals surface area contributed by atoms with E-state index in [2.05, 4.69) is 75.4 Å². The van der Waals surface area contributed by atoms with E-state index >= 15 is 0 Å². The molecule has 0 heterocycles. The summed E-state index contributed by atoms with van der Waals surface area (Å²) in [6.45, 7) is 6.20. The van der Waals surface area contributed by atoms with Gasteiger partial charge in [0.25, 0.3) is 0 Å². The predicted octanol–water partition coefficient (Wildman–Crippen LogP) is 1.39. The van der Waals surface area contributed by atoms with Gasteiger partial charge in [0.1, 0.15) is 0 Å². The van der Waals surface area contributed by atoms with Gasteiger partial charge in [-0.2, -0.15) is 21.6 Å². The number of hydrogen-bond acceptors (Lipinski definition) is 3. The van der Waals surface area contributed by atoms with Crippen LogP contribution in [-0.2, 0) is 10.1 Å².